The maximum absolute atomic E-state index is 13.0. The molecule has 0 aliphatic rings. The lowest BCUT2D eigenvalue weighted by molar-refractivity contribution is -0.121. The zero-order valence-corrected chi connectivity index (χ0v) is 15.7. The summed E-state index contributed by atoms with van der Waals surface area (Å²) in [6, 6.07) is 12.9. The lowest BCUT2D eigenvalue weighted by Gasteiger charge is -2.19. The third-order valence-corrected chi connectivity index (χ3v) is 5.51. The summed E-state index contributed by atoms with van der Waals surface area (Å²) in [5, 5.41) is 0. The van der Waals surface area contributed by atoms with E-state index in [0.717, 1.165) is 15.9 Å². The summed E-state index contributed by atoms with van der Waals surface area (Å²) in [4.78, 5) is 22.6. The Morgan fingerprint density at radius 2 is 1.78 bits per heavy atom. The number of nitrogens with zero attached hydrogens (tertiary/aromatic N) is 1. The number of benzene rings is 2. The van der Waals surface area contributed by atoms with Crippen LogP contribution in [0.4, 0.5) is 0 Å². The Kier molecular flexibility index (Phi) is 6.54. The first-order valence-corrected chi connectivity index (χ1v) is 9.33. The van der Waals surface area contributed by atoms with Gasteiger partial charge < -0.3 is 15.2 Å². The minimum absolute atomic E-state index is 0.0382. The second kappa shape index (κ2) is 8.65. The zero-order valence-electron chi connectivity index (χ0n) is 14.9. The number of rotatable bonds is 8. The highest BCUT2D eigenvalue weighted by molar-refractivity contribution is 7.89. The smallest absolute Gasteiger partial charge is 0.338 e. The molecule has 1 amide bonds. The van der Waals surface area contributed by atoms with Crippen LogP contribution in [-0.4, -0.2) is 45.4 Å². The van der Waals surface area contributed by atoms with E-state index in [1.807, 2.05) is 18.2 Å². The van der Waals surface area contributed by atoms with Crippen molar-refractivity contribution < 1.29 is 27.5 Å². The molecule has 0 unspecified atom stereocenters. The van der Waals surface area contributed by atoms with Crippen molar-refractivity contribution in [3.8, 4) is 5.75 Å². The first-order valence-electron chi connectivity index (χ1n) is 7.89. The Morgan fingerprint density at radius 3 is 2.37 bits per heavy atom. The Morgan fingerprint density at radius 1 is 1.11 bits per heavy atom. The molecule has 0 bridgehead atoms. The Bertz CT molecular complexity index is 928. The van der Waals surface area contributed by atoms with E-state index < -0.39 is 28.5 Å². The topological polar surface area (TPSA) is 116 Å². The molecule has 0 aliphatic carbocycles. The molecule has 27 heavy (non-hydrogen) atoms. The van der Waals surface area contributed by atoms with Crippen LogP contribution >= 0.6 is 0 Å². The standard InChI is InChI=1S/C18H20N2O6S/c1-20(11-13-6-4-3-5-7-13)27(23,24)16-10-14(8-9-15(16)25-2)18(22)26-12-17(19)21/h3-10H,11-12H2,1-2H3,(H2,19,21). The van der Waals surface area contributed by atoms with Gasteiger partial charge in [-0.05, 0) is 23.8 Å². The molecule has 2 N–H and O–H groups in total. The van der Waals surface area contributed by atoms with E-state index in [0.29, 0.717) is 0 Å². The zero-order chi connectivity index (χ0) is 20.0. The molecular weight excluding hydrogens is 372 g/mol. The third-order valence-electron chi connectivity index (χ3n) is 3.68. The molecule has 0 saturated heterocycles. The van der Waals surface area contributed by atoms with E-state index in [4.69, 9.17) is 15.2 Å². The van der Waals surface area contributed by atoms with Gasteiger partial charge in [0.1, 0.15) is 10.6 Å². The van der Waals surface area contributed by atoms with Crippen LogP contribution in [0, 0.1) is 0 Å². The van der Waals surface area contributed by atoms with Gasteiger partial charge in [0.05, 0.1) is 12.7 Å². The van der Waals surface area contributed by atoms with Gasteiger partial charge in [-0.2, -0.15) is 4.31 Å². The summed E-state index contributed by atoms with van der Waals surface area (Å²) >= 11 is 0. The van der Waals surface area contributed by atoms with Crippen LogP contribution in [-0.2, 0) is 26.1 Å². The first-order chi connectivity index (χ1) is 12.8. The Labute approximate surface area is 157 Å². The number of hydrogen-bond acceptors (Lipinski definition) is 6. The number of amides is 1. The monoisotopic (exact) mass is 392 g/mol. The Hall–Kier alpha value is -2.91. The third kappa shape index (κ3) is 5.05. The highest BCUT2D eigenvalue weighted by Crippen LogP contribution is 2.28. The molecule has 0 aromatic heterocycles. The normalized spacial score (nSPS) is 11.2. The molecule has 0 atom stereocenters. The molecule has 2 rings (SSSR count). The first kappa shape index (κ1) is 20.4. The predicted octanol–water partition coefficient (Wildman–Crippen LogP) is 1.16. The lowest BCUT2D eigenvalue weighted by atomic mass is 10.2. The minimum atomic E-state index is -3.96. The molecule has 2 aromatic rings. The van der Waals surface area contributed by atoms with Crippen LogP contribution in [0.2, 0.25) is 0 Å². The van der Waals surface area contributed by atoms with Crippen LogP contribution in [0.3, 0.4) is 0 Å². The van der Waals surface area contributed by atoms with Crippen molar-refractivity contribution in [3.05, 3.63) is 59.7 Å². The van der Waals surface area contributed by atoms with Crippen LogP contribution in [0.25, 0.3) is 0 Å². The Balaban J connectivity index is 2.34. The van der Waals surface area contributed by atoms with Gasteiger partial charge in [-0.1, -0.05) is 30.3 Å². The fourth-order valence-electron chi connectivity index (χ4n) is 2.32. The summed E-state index contributed by atoms with van der Waals surface area (Å²) < 4.78 is 37.0. The maximum Gasteiger partial charge on any atom is 0.338 e. The molecule has 0 aliphatic heterocycles. The number of nitrogens with two attached hydrogens (primary N) is 1. The second-order valence-electron chi connectivity index (χ2n) is 5.65. The van der Waals surface area contributed by atoms with E-state index >= 15 is 0 Å². The average molecular weight is 392 g/mol. The van der Waals surface area contributed by atoms with Crippen molar-refractivity contribution in [1.29, 1.82) is 0 Å². The van der Waals surface area contributed by atoms with Gasteiger partial charge in [0, 0.05) is 13.6 Å². The fraction of sp³-hybridized carbons (Fsp3) is 0.222. The maximum atomic E-state index is 13.0. The summed E-state index contributed by atoms with van der Waals surface area (Å²) in [7, 11) is -1.20. The van der Waals surface area contributed by atoms with Gasteiger partial charge in [0.2, 0.25) is 10.0 Å². The van der Waals surface area contributed by atoms with E-state index in [2.05, 4.69) is 0 Å². The molecule has 0 saturated carbocycles. The highest BCUT2D eigenvalue weighted by atomic mass is 32.2. The largest absolute Gasteiger partial charge is 0.495 e. The summed E-state index contributed by atoms with van der Waals surface area (Å²) in [5.74, 6) is -1.59. The fourth-order valence-corrected chi connectivity index (χ4v) is 3.65. The molecule has 9 heteroatoms. The van der Waals surface area contributed by atoms with Crippen molar-refractivity contribution >= 4 is 21.9 Å². The van der Waals surface area contributed by atoms with E-state index in [-0.39, 0.29) is 22.8 Å². The average Bonchev–Trinajstić information content (AvgIpc) is 2.66. The SMILES string of the molecule is COc1ccc(C(=O)OCC(N)=O)cc1S(=O)(=O)N(C)Cc1ccccc1. The molecule has 0 spiro atoms. The minimum Gasteiger partial charge on any atom is -0.495 e. The molecular formula is C18H20N2O6S. The molecule has 2 aromatic carbocycles. The number of primary amides is 1. The van der Waals surface area contributed by atoms with E-state index in [9.17, 15) is 18.0 Å². The predicted molar refractivity (Wildman–Crippen MR) is 97.6 cm³/mol. The number of carbonyl (C=O) groups is 2. The number of methoxy groups -OCH3 is 1. The van der Waals surface area contributed by atoms with Gasteiger partial charge in [-0.3, -0.25) is 4.79 Å². The van der Waals surface area contributed by atoms with Crippen LogP contribution < -0.4 is 10.5 Å². The van der Waals surface area contributed by atoms with E-state index in [1.165, 1.54) is 26.3 Å². The highest BCUT2D eigenvalue weighted by Gasteiger charge is 2.26. The lowest BCUT2D eigenvalue weighted by Crippen LogP contribution is -2.27. The van der Waals surface area contributed by atoms with E-state index in [1.54, 1.807) is 12.1 Å². The molecule has 8 nitrogen and oxygen atoms in total. The van der Waals surface area contributed by atoms with Crippen molar-refractivity contribution in [2.45, 2.75) is 11.4 Å². The van der Waals surface area contributed by atoms with Gasteiger partial charge in [-0.25, -0.2) is 13.2 Å². The molecule has 0 fully saturated rings. The van der Waals surface area contributed by atoms with Gasteiger partial charge >= 0.3 is 5.97 Å². The summed E-state index contributed by atoms with van der Waals surface area (Å²) in [6.07, 6.45) is 0. The van der Waals surface area contributed by atoms with Crippen LogP contribution in [0.15, 0.2) is 53.4 Å². The number of hydrogen-bond donors (Lipinski definition) is 1. The van der Waals surface area contributed by atoms with Crippen molar-refractivity contribution in [1.82, 2.24) is 4.31 Å². The number of esters is 1. The van der Waals surface area contributed by atoms with Crippen molar-refractivity contribution in [2.24, 2.45) is 5.73 Å². The van der Waals surface area contributed by atoms with Gasteiger partial charge in [0.15, 0.2) is 6.61 Å². The number of sulfonamides is 1. The van der Waals surface area contributed by atoms with Gasteiger partial charge in [0.25, 0.3) is 5.91 Å². The van der Waals surface area contributed by atoms with Crippen molar-refractivity contribution in [2.75, 3.05) is 20.8 Å². The molecule has 0 radical (unpaired) electrons. The quantitative estimate of drug-likeness (QED) is 0.674. The number of carbonyl (C=O) groups excluding carboxylic acids is 2. The summed E-state index contributed by atoms with van der Waals surface area (Å²) in [5.41, 5.74) is 5.70. The van der Waals surface area contributed by atoms with Gasteiger partial charge in [-0.15, -0.1) is 0 Å². The van der Waals surface area contributed by atoms with Crippen LogP contribution in [0.5, 0.6) is 5.75 Å². The van der Waals surface area contributed by atoms with Crippen molar-refractivity contribution in [3.63, 3.8) is 0 Å². The molecule has 0 heterocycles. The summed E-state index contributed by atoms with van der Waals surface area (Å²) in [6.45, 7) is -0.455. The number of ether oxygens (including phenoxy) is 2. The molecule has 144 valence electrons. The second-order valence-corrected chi connectivity index (χ2v) is 7.67. The van der Waals surface area contributed by atoms with Crippen LogP contribution in [0.1, 0.15) is 15.9 Å².